The lowest BCUT2D eigenvalue weighted by atomic mass is 9.96. The molecule has 8 heteroatoms. The number of aliphatic hydroxyl groups is 1. The molecule has 0 fully saturated rings. The van der Waals surface area contributed by atoms with Crippen LogP contribution in [0.25, 0.3) is 0 Å². The second kappa shape index (κ2) is 16.7. The summed E-state index contributed by atoms with van der Waals surface area (Å²) in [7, 11) is 0. The summed E-state index contributed by atoms with van der Waals surface area (Å²) in [6.45, 7) is 6.49. The van der Waals surface area contributed by atoms with Crippen LogP contribution in [0.2, 0.25) is 0 Å². The van der Waals surface area contributed by atoms with E-state index in [0.717, 1.165) is 38.0 Å². The van der Waals surface area contributed by atoms with Crippen LogP contribution in [0.3, 0.4) is 0 Å². The number of hydrogen-bond donors (Lipinski definition) is 2. The maximum atomic E-state index is 11.9. The van der Waals surface area contributed by atoms with E-state index in [2.05, 4.69) is 18.6 Å². The van der Waals surface area contributed by atoms with Crippen molar-refractivity contribution >= 4 is 23.9 Å². The molecule has 0 aromatic carbocycles. The Balaban J connectivity index is 4.19. The van der Waals surface area contributed by atoms with Crippen molar-refractivity contribution in [2.75, 3.05) is 6.61 Å². The molecule has 31 heavy (non-hydrogen) atoms. The van der Waals surface area contributed by atoms with Gasteiger partial charge in [-0.15, -0.1) is 0 Å². The summed E-state index contributed by atoms with van der Waals surface area (Å²) in [6, 6.07) is 0. The Morgan fingerprint density at radius 3 is 1.97 bits per heavy atom. The highest BCUT2D eigenvalue weighted by atomic mass is 16.6. The summed E-state index contributed by atoms with van der Waals surface area (Å²) in [5, 5.41) is 19.4. The molecule has 8 nitrogen and oxygen atoms in total. The SMILES string of the molecule is CCCCCC(=O)OC(=O)CC(O)(CC(=O)OCCCCCCCCC(C)C)C(=O)O. The van der Waals surface area contributed by atoms with Crippen molar-refractivity contribution in [3.8, 4) is 0 Å². The molecule has 0 bridgehead atoms. The maximum Gasteiger partial charge on any atom is 0.336 e. The van der Waals surface area contributed by atoms with Gasteiger partial charge in [0.05, 0.1) is 19.4 Å². The summed E-state index contributed by atoms with van der Waals surface area (Å²) < 4.78 is 9.53. The fraction of sp³-hybridized carbons (Fsp3) is 0.826. The molecule has 0 radical (unpaired) electrons. The Morgan fingerprint density at radius 2 is 1.39 bits per heavy atom. The minimum Gasteiger partial charge on any atom is -0.479 e. The summed E-state index contributed by atoms with van der Waals surface area (Å²) in [4.78, 5) is 46.7. The quantitative estimate of drug-likeness (QED) is 0.183. The molecule has 2 N–H and O–H groups in total. The lowest BCUT2D eigenvalue weighted by Gasteiger charge is -2.21. The second-order valence-corrected chi connectivity index (χ2v) is 8.52. The number of esters is 3. The minimum atomic E-state index is -2.67. The maximum absolute atomic E-state index is 11.9. The van der Waals surface area contributed by atoms with Gasteiger partial charge in [0.15, 0.2) is 5.60 Å². The first-order valence-electron chi connectivity index (χ1n) is 11.5. The van der Waals surface area contributed by atoms with Gasteiger partial charge >= 0.3 is 23.9 Å². The fourth-order valence-electron chi connectivity index (χ4n) is 3.02. The van der Waals surface area contributed by atoms with Crippen LogP contribution in [0.15, 0.2) is 0 Å². The van der Waals surface area contributed by atoms with Gasteiger partial charge in [-0.25, -0.2) is 4.79 Å². The average molecular weight is 445 g/mol. The molecule has 0 aromatic heterocycles. The van der Waals surface area contributed by atoms with E-state index in [-0.39, 0.29) is 13.0 Å². The van der Waals surface area contributed by atoms with Crippen LogP contribution in [0, 0.1) is 5.92 Å². The van der Waals surface area contributed by atoms with E-state index in [0.29, 0.717) is 12.8 Å². The van der Waals surface area contributed by atoms with Gasteiger partial charge in [0.25, 0.3) is 0 Å². The number of hydrogen-bond acceptors (Lipinski definition) is 7. The summed E-state index contributed by atoms with van der Waals surface area (Å²) in [5.41, 5.74) is -2.67. The molecule has 180 valence electrons. The van der Waals surface area contributed by atoms with Crippen LogP contribution in [0.4, 0.5) is 0 Å². The molecule has 0 heterocycles. The van der Waals surface area contributed by atoms with Gasteiger partial charge in [0.2, 0.25) is 0 Å². The van der Waals surface area contributed by atoms with Crippen molar-refractivity contribution in [3.63, 3.8) is 0 Å². The van der Waals surface area contributed by atoms with Gasteiger partial charge in [-0.05, 0) is 18.8 Å². The third kappa shape index (κ3) is 15.5. The number of aliphatic carboxylic acids is 1. The molecular formula is C23H40O8. The number of unbranched alkanes of at least 4 members (excludes halogenated alkanes) is 7. The predicted molar refractivity (Wildman–Crippen MR) is 115 cm³/mol. The lowest BCUT2D eigenvalue weighted by Crippen LogP contribution is -2.43. The summed E-state index contributed by atoms with van der Waals surface area (Å²) in [5.74, 6) is -3.91. The third-order valence-corrected chi connectivity index (χ3v) is 4.92. The van der Waals surface area contributed by atoms with E-state index in [1.165, 1.54) is 19.3 Å². The van der Waals surface area contributed by atoms with E-state index in [4.69, 9.17) is 4.74 Å². The average Bonchev–Trinajstić information content (AvgIpc) is 2.66. The highest BCUT2D eigenvalue weighted by Crippen LogP contribution is 2.19. The molecule has 0 rings (SSSR count). The van der Waals surface area contributed by atoms with Crippen LogP contribution in [0.5, 0.6) is 0 Å². The van der Waals surface area contributed by atoms with E-state index >= 15 is 0 Å². The largest absolute Gasteiger partial charge is 0.479 e. The van der Waals surface area contributed by atoms with Crippen molar-refractivity contribution in [3.05, 3.63) is 0 Å². The van der Waals surface area contributed by atoms with E-state index in [9.17, 15) is 29.4 Å². The number of carboxylic acid groups (broad SMARTS) is 1. The molecular weight excluding hydrogens is 404 g/mol. The van der Waals surface area contributed by atoms with Gasteiger partial charge in [0, 0.05) is 6.42 Å². The topological polar surface area (TPSA) is 127 Å². The Hall–Kier alpha value is -1.96. The Labute approximate surface area is 185 Å². The van der Waals surface area contributed by atoms with Crippen molar-refractivity contribution in [2.24, 2.45) is 5.92 Å². The Morgan fingerprint density at radius 1 is 0.806 bits per heavy atom. The van der Waals surface area contributed by atoms with Crippen LogP contribution >= 0.6 is 0 Å². The normalized spacial score (nSPS) is 12.9. The van der Waals surface area contributed by atoms with Crippen molar-refractivity contribution in [1.82, 2.24) is 0 Å². The van der Waals surface area contributed by atoms with E-state index < -0.39 is 42.3 Å². The van der Waals surface area contributed by atoms with E-state index in [1.54, 1.807) is 0 Å². The number of carboxylic acids is 1. The van der Waals surface area contributed by atoms with Gasteiger partial charge in [-0.2, -0.15) is 0 Å². The number of carbonyl (C=O) groups excluding carboxylic acids is 3. The second-order valence-electron chi connectivity index (χ2n) is 8.52. The van der Waals surface area contributed by atoms with Crippen molar-refractivity contribution in [2.45, 2.75) is 110 Å². The number of ether oxygens (including phenoxy) is 2. The van der Waals surface area contributed by atoms with Gasteiger partial charge in [-0.3, -0.25) is 14.4 Å². The van der Waals surface area contributed by atoms with Crippen molar-refractivity contribution < 1.29 is 38.9 Å². The molecule has 0 saturated carbocycles. The molecule has 0 amide bonds. The highest BCUT2D eigenvalue weighted by Gasteiger charge is 2.42. The summed E-state index contributed by atoms with van der Waals surface area (Å²) in [6.07, 6.45) is 7.70. The van der Waals surface area contributed by atoms with Crippen LogP contribution in [-0.4, -0.2) is 46.3 Å². The van der Waals surface area contributed by atoms with Gasteiger partial charge in [-0.1, -0.05) is 72.1 Å². The van der Waals surface area contributed by atoms with Crippen LogP contribution in [0.1, 0.15) is 104 Å². The van der Waals surface area contributed by atoms with Crippen LogP contribution < -0.4 is 0 Å². The zero-order chi connectivity index (χ0) is 23.7. The van der Waals surface area contributed by atoms with E-state index in [1.807, 2.05) is 6.92 Å². The molecule has 0 aliphatic rings. The monoisotopic (exact) mass is 444 g/mol. The van der Waals surface area contributed by atoms with Crippen molar-refractivity contribution in [1.29, 1.82) is 0 Å². The smallest absolute Gasteiger partial charge is 0.336 e. The summed E-state index contributed by atoms with van der Waals surface area (Å²) >= 11 is 0. The molecule has 0 aliphatic carbocycles. The molecule has 0 aromatic rings. The lowest BCUT2D eigenvalue weighted by molar-refractivity contribution is -0.175. The standard InChI is InChI=1S/C23H40O8/c1-4-5-10-14-19(24)31-21(26)17-23(29,22(27)28)16-20(25)30-15-12-9-7-6-8-11-13-18(2)3/h18,29H,4-17H2,1-3H3,(H,27,28). The third-order valence-electron chi connectivity index (χ3n) is 4.92. The fourth-order valence-corrected chi connectivity index (χ4v) is 3.02. The first kappa shape index (κ1) is 29.0. The molecule has 1 unspecified atom stereocenters. The first-order chi connectivity index (χ1) is 14.6. The Kier molecular flexibility index (Phi) is 15.6. The van der Waals surface area contributed by atoms with Gasteiger partial charge in [0.1, 0.15) is 0 Å². The molecule has 1 atom stereocenters. The number of rotatable bonds is 18. The zero-order valence-electron chi connectivity index (χ0n) is 19.3. The van der Waals surface area contributed by atoms with Gasteiger partial charge < -0.3 is 19.7 Å². The Bertz CT molecular complexity index is 558. The molecule has 0 spiro atoms. The zero-order valence-corrected chi connectivity index (χ0v) is 19.3. The predicted octanol–water partition coefficient (Wildman–Crippen LogP) is 4.16. The highest BCUT2D eigenvalue weighted by molar-refractivity contribution is 5.92. The molecule has 0 saturated heterocycles. The number of carbonyl (C=O) groups is 4. The molecule has 0 aliphatic heterocycles. The minimum absolute atomic E-state index is 0.0326. The first-order valence-corrected chi connectivity index (χ1v) is 11.5. The van der Waals surface area contributed by atoms with Crippen LogP contribution in [-0.2, 0) is 28.7 Å².